The Balaban J connectivity index is 1.65. The lowest BCUT2D eigenvalue weighted by Gasteiger charge is -2.33. The summed E-state index contributed by atoms with van der Waals surface area (Å²) in [6.45, 7) is 1.49. The number of rotatable bonds is 11. The Bertz CT molecular complexity index is 1440. The number of nitrogens with zero attached hydrogens (tertiary/aromatic N) is 1. The van der Waals surface area contributed by atoms with Crippen LogP contribution in [0.1, 0.15) is 68.4 Å². The van der Waals surface area contributed by atoms with Crippen LogP contribution in [0.2, 0.25) is 0 Å². The molecule has 2 amide bonds. The highest BCUT2D eigenvalue weighted by Crippen LogP contribution is 2.41. The number of benzene rings is 2. The van der Waals surface area contributed by atoms with Crippen LogP contribution in [0.15, 0.2) is 42.5 Å². The normalized spacial score (nSPS) is 17.7. The highest BCUT2D eigenvalue weighted by molar-refractivity contribution is 5.87. The van der Waals surface area contributed by atoms with Crippen molar-refractivity contribution in [1.29, 1.82) is 0 Å². The van der Waals surface area contributed by atoms with Crippen molar-refractivity contribution >= 4 is 23.0 Å². The van der Waals surface area contributed by atoms with E-state index in [1.165, 1.54) is 6.07 Å². The molecule has 1 aliphatic rings. The van der Waals surface area contributed by atoms with Gasteiger partial charge >= 0.3 is 6.09 Å². The van der Waals surface area contributed by atoms with E-state index < -0.39 is 90.4 Å². The minimum Gasteiger partial charge on any atom is -0.445 e. The number of nitrogens with one attached hydrogen (secondary N) is 3. The number of H-pyrrole nitrogens is 1. The monoisotopic (exact) mass is 630 g/mol. The van der Waals surface area contributed by atoms with Crippen LogP contribution in [0, 0.1) is 11.7 Å². The van der Waals surface area contributed by atoms with E-state index in [9.17, 15) is 35.9 Å². The second kappa shape index (κ2) is 13.4. The molecule has 240 valence electrons. The van der Waals surface area contributed by atoms with E-state index in [2.05, 4.69) is 15.3 Å². The minimum absolute atomic E-state index is 0.00745. The zero-order valence-corrected chi connectivity index (χ0v) is 24.0. The first-order valence-electron chi connectivity index (χ1n) is 14.1. The molecule has 2 unspecified atom stereocenters. The van der Waals surface area contributed by atoms with Crippen LogP contribution in [0.3, 0.4) is 0 Å². The molecule has 0 spiro atoms. The average molecular weight is 631 g/mol. The quantitative estimate of drug-likeness (QED) is 0.198. The summed E-state index contributed by atoms with van der Waals surface area (Å²) in [4.78, 5) is 32.5. The van der Waals surface area contributed by atoms with E-state index in [1.54, 1.807) is 30.3 Å². The molecule has 2 aromatic carbocycles. The zero-order valence-electron chi connectivity index (χ0n) is 24.0. The molecule has 3 atom stereocenters. The number of carbonyl (C=O) groups excluding carboxylic acids is 2. The first-order valence-corrected chi connectivity index (χ1v) is 14.1. The van der Waals surface area contributed by atoms with Crippen molar-refractivity contribution in [3.8, 4) is 0 Å². The Morgan fingerprint density at radius 3 is 2.36 bits per heavy atom. The van der Waals surface area contributed by atoms with Gasteiger partial charge in [-0.2, -0.15) is 0 Å². The van der Waals surface area contributed by atoms with Gasteiger partial charge in [0.2, 0.25) is 11.8 Å². The van der Waals surface area contributed by atoms with Crippen molar-refractivity contribution in [2.75, 3.05) is 6.54 Å². The number of amides is 2. The number of hydrogen-bond donors (Lipinski definition) is 3. The molecule has 1 aliphatic carbocycles. The molecule has 3 N–H and O–H groups in total. The minimum atomic E-state index is -3.66. The Morgan fingerprint density at radius 1 is 1.09 bits per heavy atom. The number of alkyl halides is 6. The lowest BCUT2D eigenvalue weighted by Crippen LogP contribution is -2.42. The number of carbonyl (C=O) groups is 2. The van der Waals surface area contributed by atoms with Crippen LogP contribution >= 0.6 is 0 Å². The number of aromatic amines is 1. The second-order valence-electron chi connectivity index (χ2n) is 11.6. The van der Waals surface area contributed by atoms with Crippen molar-refractivity contribution in [1.82, 2.24) is 20.6 Å². The maximum absolute atomic E-state index is 15.8. The standard InChI is InChI=1S/C30H33F7N4O3/c1-29(2,35)15-38-27(42)20(22(32)25(33)34)18-8-9-19-24(21(18)31)40-26(39-19)23(17-10-12-30(36,37)13-11-17)41-28(43)44-14-16-6-4-3-5-7-16/h3-9,17,20,22-23,25H,10-15H2,1-2H3,(H,38,42)(H,39,40)(H,41,43)/t20?,22?,23-/m0/s1. The van der Waals surface area contributed by atoms with Crippen LogP contribution in [-0.2, 0) is 16.1 Å². The fourth-order valence-electron chi connectivity index (χ4n) is 5.17. The van der Waals surface area contributed by atoms with Crippen molar-refractivity contribution in [2.45, 2.75) is 82.3 Å². The maximum Gasteiger partial charge on any atom is 0.408 e. The zero-order chi connectivity index (χ0) is 32.2. The predicted molar refractivity (Wildman–Crippen MR) is 147 cm³/mol. The van der Waals surface area contributed by atoms with Gasteiger partial charge in [-0.1, -0.05) is 36.4 Å². The van der Waals surface area contributed by atoms with Crippen molar-refractivity contribution in [2.24, 2.45) is 5.92 Å². The topological polar surface area (TPSA) is 96.1 Å². The molecule has 1 aromatic heterocycles. The first-order chi connectivity index (χ1) is 20.6. The van der Waals surface area contributed by atoms with Gasteiger partial charge in [0.05, 0.1) is 18.1 Å². The van der Waals surface area contributed by atoms with E-state index in [1.807, 2.05) is 5.32 Å². The molecule has 3 aromatic rings. The number of halogens is 7. The van der Waals surface area contributed by atoms with Gasteiger partial charge in [0.25, 0.3) is 6.43 Å². The molecule has 0 bridgehead atoms. The van der Waals surface area contributed by atoms with E-state index in [0.717, 1.165) is 19.9 Å². The highest BCUT2D eigenvalue weighted by Gasteiger charge is 2.41. The third-order valence-corrected chi connectivity index (χ3v) is 7.51. The number of fused-ring (bicyclic) bond motifs is 1. The summed E-state index contributed by atoms with van der Waals surface area (Å²) in [7, 11) is 0. The molecule has 0 saturated heterocycles. The van der Waals surface area contributed by atoms with Gasteiger partial charge in [0, 0.05) is 18.4 Å². The Kier molecular flexibility index (Phi) is 10.1. The molecular formula is C30H33F7N4O3. The van der Waals surface area contributed by atoms with Gasteiger partial charge in [-0.3, -0.25) is 4.79 Å². The van der Waals surface area contributed by atoms with Crippen LogP contribution in [0.5, 0.6) is 0 Å². The largest absolute Gasteiger partial charge is 0.445 e. The van der Waals surface area contributed by atoms with Crippen LogP contribution in [0.4, 0.5) is 35.5 Å². The number of alkyl carbamates (subject to hydrolysis) is 1. The van der Waals surface area contributed by atoms with Gasteiger partial charge in [-0.25, -0.2) is 40.5 Å². The van der Waals surface area contributed by atoms with Gasteiger partial charge in [0.1, 0.15) is 29.5 Å². The van der Waals surface area contributed by atoms with Gasteiger partial charge in [-0.05, 0) is 44.2 Å². The molecule has 7 nitrogen and oxygen atoms in total. The van der Waals surface area contributed by atoms with Crippen molar-refractivity contribution in [3.05, 3.63) is 65.2 Å². The van der Waals surface area contributed by atoms with E-state index in [0.29, 0.717) is 5.56 Å². The predicted octanol–water partition coefficient (Wildman–Crippen LogP) is 7.05. The summed E-state index contributed by atoms with van der Waals surface area (Å²) in [5.41, 5.74) is -2.43. The smallest absolute Gasteiger partial charge is 0.408 e. The Hall–Kier alpha value is -3.84. The molecule has 1 heterocycles. The molecule has 44 heavy (non-hydrogen) atoms. The van der Waals surface area contributed by atoms with Crippen molar-refractivity contribution < 1.29 is 45.1 Å². The van der Waals surface area contributed by atoms with E-state index >= 15 is 4.39 Å². The summed E-state index contributed by atoms with van der Waals surface area (Å²) >= 11 is 0. The fourth-order valence-corrected chi connectivity index (χ4v) is 5.17. The van der Waals surface area contributed by atoms with Gasteiger partial charge in [0.15, 0.2) is 12.0 Å². The summed E-state index contributed by atoms with van der Waals surface area (Å²) in [6, 6.07) is 9.85. The second-order valence-corrected chi connectivity index (χ2v) is 11.6. The van der Waals surface area contributed by atoms with Gasteiger partial charge in [-0.15, -0.1) is 0 Å². The molecule has 0 radical (unpaired) electrons. The molecule has 0 aliphatic heterocycles. The summed E-state index contributed by atoms with van der Waals surface area (Å²) in [5.74, 6) is -8.43. The van der Waals surface area contributed by atoms with Crippen LogP contribution in [0.25, 0.3) is 11.0 Å². The molecule has 1 saturated carbocycles. The van der Waals surface area contributed by atoms with Crippen LogP contribution < -0.4 is 10.6 Å². The number of imidazole rings is 1. The third-order valence-electron chi connectivity index (χ3n) is 7.51. The number of ether oxygens (including phenoxy) is 1. The van der Waals surface area contributed by atoms with Gasteiger partial charge < -0.3 is 20.4 Å². The van der Waals surface area contributed by atoms with E-state index in [-0.39, 0.29) is 30.8 Å². The van der Waals surface area contributed by atoms with Crippen LogP contribution in [-0.4, -0.2) is 52.7 Å². The summed E-state index contributed by atoms with van der Waals surface area (Å²) in [6.07, 6.45) is -8.59. The maximum atomic E-state index is 15.8. The molecule has 4 rings (SSSR count). The summed E-state index contributed by atoms with van der Waals surface area (Å²) in [5, 5.41) is 4.67. The molecule has 14 heteroatoms. The van der Waals surface area contributed by atoms with Crippen molar-refractivity contribution in [3.63, 3.8) is 0 Å². The highest BCUT2D eigenvalue weighted by atomic mass is 19.3. The average Bonchev–Trinajstić information content (AvgIpc) is 3.40. The Labute approximate surface area is 248 Å². The molecule has 1 fully saturated rings. The SMILES string of the molecule is CC(C)(F)CNC(=O)C(c1ccc2[nH]c([C@@H](NC(=O)OCc3ccccc3)C3CCC(F)(F)CC3)nc2c1F)C(F)C(F)F. The molecular weight excluding hydrogens is 597 g/mol. The first kappa shape index (κ1) is 33.1. The number of aromatic nitrogens is 2. The Morgan fingerprint density at radius 2 is 1.75 bits per heavy atom. The van der Waals surface area contributed by atoms with E-state index in [4.69, 9.17) is 4.74 Å². The fraction of sp³-hybridized carbons (Fsp3) is 0.500. The summed E-state index contributed by atoms with van der Waals surface area (Å²) < 4.78 is 104. The lowest BCUT2D eigenvalue weighted by molar-refractivity contribution is -0.126. The lowest BCUT2D eigenvalue weighted by atomic mass is 9.82. The third kappa shape index (κ3) is 8.20. The number of hydrogen-bond acceptors (Lipinski definition) is 4.